The average Bonchev–Trinajstić information content (AvgIpc) is 2.66. The first-order valence-electron chi connectivity index (χ1n) is 8.69. The number of hydrogen-bond acceptors (Lipinski definition) is 2. The zero-order chi connectivity index (χ0) is 17.5. The van der Waals surface area contributed by atoms with Gasteiger partial charge in [0.1, 0.15) is 5.78 Å². The van der Waals surface area contributed by atoms with E-state index in [1.54, 1.807) is 6.08 Å². The molecule has 3 aromatic carbocycles. The third kappa shape index (κ3) is 4.57. The second kappa shape index (κ2) is 8.29. The van der Waals surface area contributed by atoms with E-state index in [9.17, 15) is 4.79 Å². The molecular weight excluding hydrogens is 306 g/mol. The minimum Gasteiger partial charge on any atom is -0.378 e. The van der Waals surface area contributed by atoms with Crippen LogP contribution in [0.3, 0.4) is 0 Å². The van der Waals surface area contributed by atoms with Crippen LogP contribution < -0.4 is 5.32 Å². The standard InChI is InChI=1S/C23H23NO/c1-2-3-13-22(25)17-23(19-10-5-4-6-11-19)24-21-15-14-18-9-7-8-12-20(18)16-21/h2,4-12,14-16,23-24H,1,3,13,17H2. The van der Waals surface area contributed by atoms with Gasteiger partial charge in [-0.3, -0.25) is 4.79 Å². The van der Waals surface area contributed by atoms with Crippen LogP contribution >= 0.6 is 0 Å². The Bertz CT molecular complexity index is 854. The molecule has 3 aromatic rings. The van der Waals surface area contributed by atoms with Crippen molar-refractivity contribution in [2.24, 2.45) is 0 Å². The number of rotatable bonds is 8. The fourth-order valence-corrected chi connectivity index (χ4v) is 3.01. The summed E-state index contributed by atoms with van der Waals surface area (Å²) in [5, 5.41) is 5.95. The molecule has 0 spiro atoms. The van der Waals surface area contributed by atoms with Gasteiger partial charge >= 0.3 is 0 Å². The third-order valence-electron chi connectivity index (χ3n) is 4.35. The van der Waals surface area contributed by atoms with Crippen LogP contribution in [0.4, 0.5) is 5.69 Å². The molecule has 1 atom stereocenters. The SMILES string of the molecule is C=CCCC(=O)CC(Nc1ccc2ccccc2c1)c1ccccc1. The number of ketones is 1. The first-order chi connectivity index (χ1) is 12.3. The summed E-state index contributed by atoms with van der Waals surface area (Å²) in [5.41, 5.74) is 2.16. The van der Waals surface area contributed by atoms with Gasteiger partial charge in [0, 0.05) is 18.5 Å². The second-order valence-corrected chi connectivity index (χ2v) is 6.24. The fourth-order valence-electron chi connectivity index (χ4n) is 3.01. The molecule has 1 unspecified atom stereocenters. The molecule has 0 aliphatic heterocycles. The predicted molar refractivity (Wildman–Crippen MR) is 106 cm³/mol. The van der Waals surface area contributed by atoms with Gasteiger partial charge in [-0.25, -0.2) is 0 Å². The predicted octanol–water partition coefficient (Wildman–Crippen LogP) is 5.92. The van der Waals surface area contributed by atoms with Gasteiger partial charge in [0.05, 0.1) is 6.04 Å². The van der Waals surface area contributed by atoms with E-state index < -0.39 is 0 Å². The number of carbonyl (C=O) groups excluding carboxylic acids is 1. The minimum absolute atomic E-state index is 0.0281. The van der Waals surface area contributed by atoms with Crippen LogP contribution in [-0.4, -0.2) is 5.78 Å². The lowest BCUT2D eigenvalue weighted by Crippen LogP contribution is -2.15. The lowest BCUT2D eigenvalue weighted by molar-refractivity contribution is -0.119. The normalized spacial score (nSPS) is 11.8. The summed E-state index contributed by atoms with van der Waals surface area (Å²) in [6, 6.07) is 24.7. The highest BCUT2D eigenvalue weighted by molar-refractivity contribution is 5.86. The number of nitrogens with one attached hydrogen (secondary N) is 1. The van der Waals surface area contributed by atoms with E-state index in [-0.39, 0.29) is 11.8 Å². The maximum absolute atomic E-state index is 12.3. The number of Topliss-reactive ketones (excluding diaryl/α,β-unsaturated/α-hetero) is 1. The second-order valence-electron chi connectivity index (χ2n) is 6.24. The van der Waals surface area contributed by atoms with Crippen LogP contribution in [0.1, 0.15) is 30.9 Å². The molecular formula is C23H23NO. The van der Waals surface area contributed by atoms with Crippen molar-refractivity contribution in [2.45, 2.75) is 25.3 Å². The van der Waals surface area contributed by atoms with Crippen molar-refractivity contribution in [1.82, 2.24) is 0 Å². The fraction of sp³-hybridized carbons (Fsp3) is 0.174. The molecule has 0 aromatic heterocycles. The first-order valence-corrected chi connectivity index (χ1v) is 8.69. The third-order valence-corrected chi connectivity index (χ3v) is 4.35. The molecule has 1 N–H and O–H groups in total. The summed E-state index contributed by atoms with van der Waals surface area (Å²) in [5.74, 6) is 0.252. The molecule has 2 nitrogen and oxygen atoms in total. The van der Waals surface area contributed by atoms with E-state index in [4.69, 9.17) is 0 Å². The molecule has 0 saturated heterocycles. The van der Waals surface area contributed by atoms with Crippen LogP contribution in [0, 0.1) is 0 Å². The molecule has 0 fully saturated rings. The summed E-state index contributed by atoms with van der Waals surface area (Å²) >= 11 is 0. The Morgan fingerprint density at radius 3 is 2.44 bits per heavy atom. The van der Waals surface area contributed by atoms with E-state index in [2.05, 4.69) is 54.4 Å². The van der Waals surface area contributed by atoms with Crippen LogP contribution in [-0.2, 0) is 4.79 Å². The molecule has 25 heavy (non-hydrogen) atoms. The van der Waals surface area contributed by atoms with Crippen molar-refractivity contribution in [2.75, 3.05) is 5.32 Å². The summed E-state index contributed by atoms with van der Waals surface area (Å²) in [4.78, 5) is 12.3. The van der Waals surface area contributed by atoms with Crippen LogP contribution in [0.2, 0.25) is 0 Å². The number of benzene rings is 3. The van der Waals surface area contributed by atoms with Gasteiger partial charge in [-0.05, 0) is 34.9 Å². The monoisotopic (exact) mass is 329 g/mol. The van der Waals surface area contributed by atoms with E-state index in [0.29, 0.717) is 12.8 Å². The lowest BCUT2D eigenvalue weighted by Gasteiger charge is -2.20. The Kier molecular flexibility index (Phi) is 5.63. The highest BCUT2D eigenvalue weighted by Crippen LogP contribution is 2.26. The van der Waals surface area contributed by atoms with Crippen LogP contribution in [0.5, 0.6) is 0 Å². The molecule has 0 radical (unpaired) electrons. The molecule has 3 rings (SSSR count). The molecule has 0 saturated carbocycles. The van der Waals surface area contributed by atoms with E-state index in [0.717, 1.165) is 17.7 Å². The van der Waals surface area contributed by atoms with Gasteiger partial charge in [-0.1, -0.05) is 66.7 Å². The summed E-state index contributed by atoms with van der Waals surface area (Å²) in [6.45, 7) is 3.70. The van der Waals surface area contributed by atoms with Crippen molar-refractivity contribution in [3.05, 3.63) is 91.0 Å². The Morgan fingerprint density at radius 2 is 1.68 bits per heavy atom. The van der Waals surface area contributed by atoms with Crippen molar-refractivity contribution in [3.63, 3.8) is 0 Å². The van der Waals surface area contributed by atoms with Crippen LogP contribution in [0.15, 0.2) is 85.5 Å². The maximum atomic E-state index is 12.3. The van der Waals surface area contributed by atoms with Gasteiger partial charge in [0.15, 0.2) is 0 Å². The topological polar surface area (TPSA) is 29.1 Å². The molecule has 0 bridgehead atoms. The van der Waals surface area contributed by atoms with E-state index in [1.165, 1.54) is 10.8 Å². The zero-order valence-electron chi connectivity index (χ0n) is 14.3. The summed E-state index contributed by atoms with van der Waals surface area (Å²) in [6.07, 6.45) is 3.55. The Balaban J connectivity index is 1.82. The van der Waals surface area contributed by atoms with Crippen LogP contribution in [0.25, 0.3) is 10.8 Å². The first kappa shape index (κ1) is 17.0. The van der Waals surface area contributed by atoms with E-state index in [1.807, 2.05) is 30.3 Å². The van der Waals surface area contributed by atoms with Crippen molar-refractivity contribution >= 4 is 22.2 Å². The quantitative estimate of drug-likeness (QED) is 0.520. The summed E-state index contributed by atoms with van der Waals surface area (Å²) < 4.78 is 0. The van der Waals surface area contributed by atoms with E-state index >= 15 is 0 Å². The Morgan fingerprint density at radius 1 is 0.960 bits per heavy atom. The number of allylic oxidation sites excluding steroid dienone is 1. The van der Waals surface area contributed by atoms with Gasteiger partial charge in [0.2, 0.25) is 0 Å². The lowest BCUT2D eigenvalue weighted by atomic mass is 9.98. The number of anilines is 1. The number of carbonyl (C=O) groups is 1. The van der Waals surface area contributed by atoms with Gasteiger partial charge in [0.25, 0.3) is 0 Å². The average molecular weight is 329 g/mol. The Labute approximate surface area is 149 Å². The largest absolute Gasteiger partial charge is 0.378 e. The highest BCUT2D eigenvalue weighted by atomic mass is 16.1. The molecule has 0 aliphatic rings. The smallest absolute Gasteiger partial charge is 0.135 e. The van der Waals surface area contributed by atoms with Gasteiger partial charge < -0.3 is 5.32 Å². The van der Waals surface area contributed by atoms with Crippen molar-refractivity contribution in [1.29, 1.82) is 0 Å². The van der Waals surface area contributed by atoms with Gasteiger partial charge in [-0.15, -0.1) is 6.58 Å². The molecule has 126 valence electrons. The molecule has 0 aliphatic carbocycles. The molecule has 0 heterocycles. The zero-order valence-corrected chi connectivity index (χ0v) is 14.3. The number of hydrogen-bond donors (Lipinski definition) is 1. The Hall–Kier alpha value is -2.87. The maximum Gasteiger partial charge on any atom is 0.135 e. The highest BCUT2D eigenvalue weighted by Gasteiger charge is 2.15. The molecule has 0 amide bonds. The minimum atomic E-state index is -0.0281. The van der Waals surface area contributed by atoms with Crippen molar-refractivity contribution in [3.8, 4) is 0 Å². The van der Waals surface area contributed by atoms with Gasteiger partial charge in [-0.2, -0.15) is 0 Å². The number of fused-ring (bicyclic) bond motifs is 1. The summed E-state index contributed by atoms with van der Waals surface area (Å²) in [7, 11) is 0. The molecule has 2 heteroatoms. The van der Waals surface area contributed by atoms with Crippen molar-refractivity contribution < 1.29 is 4.79 Å².